The molecule has 1 saturated heterocycles. The summed E-state index contributed by atoms with van der Waals surface area (Å²) >= 11 is 0. The summed E-state index contributed by atoms with van der Waals surface area (Å²) in [5.41, 5.74) is 0. The molecule has 2 aliphatic rings. The van der Waals surface area contributed by atoms with Crippen LogP contribution in [-0.2, 0) is 9.59 Å². The summed E-state index contributed by atoms with van der Waals surface area (Å²) in [4.78, 5) is 22.2. The molecule has 1 aliphatic carbocycles. The molecule has 2 rings (SSSR count). The summed E-state index contributed by atoms with van der Waals surface area (Å²) in [6, 6.07) is 0. The molecule has 0 bridgehead atoms. The molecule has 2 amide bonds. The first-order valence-electron chi connectivity index (χ1n) is 3.89. The quantitative estimate of drug-likeness (QED) is 0.366. The lowest BCUT2D eigenvalue weighted by Crippen LogP contribution is -2.32. The monoisotopic (exact) mass is 167 g/mol. The Hall–Kier alpha value is -1.16. The first-order valence-corrected chi connectivity index (χ1v) is 3.89. The third kappa shape index (κ3) is 0.881. The van der Waals surface area contributed by atoms with E-state index in [0.29, 0.717) is 6.42 Å². The standard InChI is InChI=1S/C8H9NO3/c10-5-3-1-2-4-6(5)8(12)9-7(4)11/h1,3-6,10H,2H2,(H,9,11,12)/t4-,5-,6-/m1/s1. The largest absolute Gasteiger partial charge is 0.388 e. The zero-order valence-corrected chi connectivity index (χ0v) is 6.36. The second-order valence-corrected chi connectivity index (χ2v) is 3.14. The van der Waals surface area contributed by atoms with Crippen LogP contribution in [-0.4, -0.2) is 23.0 Å². The third-order valence-corrected chi connectivity index (χ3v) is 2.41. The van der Waals surface area contributed by atoms with E-state index in [9.17, 15) is 14.7 Å². The zero-order chi connectivity index (χ0) is 8.72. The minimum absolute atomic E-state index is 0.256. The van der Waals surface area contributed by atoms with Crippen LogP contribution in [0.2, 0.25) is 0 Å². The lowest BCUT2D eigenvalue weighted by molar-refractivity contribution is -0.126. The molecule has 3 atom stereocenters. The van der Waals surface area contributed by atoms with E-state index in [0.717, 1.165) is 0 Å². The van der Waals surface area contributed by atoms with Crippen LogP contribution in [0.5, 0.6) is 0 Å². The van der Waals surface area contributed by atoms with Crippen LogP contribution in [0, 0.1) is 11.8 Å². The molecule has 2 N–H and O–H groups in total. The van der Waals surface area contributed by atoms with Crippen molar-refractivity contribution in [3.05, 3.63) is 12.2 Å². The fourth-order valence-electron chi connectivity index (χ4n) is 1.77. The Labute approximate surface area is 69.3 Å². The molecule has 4 heteroatoms. The van der Waals surface area contributed by atoms with Gasteiger partial charge in [-0.15, -0.1) is 0 Å². The average Bonchev–Trinajstić information content (AvgIpc) is 2.29. The van der Waals surface area contributed by atoms with Crippen molar-refractivity contribution in [1.29, 1.82) is 0 Å². The average molecular weight is 167 g/mol. The maximum atomic E-state index is 11.1. The Morgan fingerprint density at radius 3 is 2.83 bits per heavy atom. The number of aliphatic hydroxyl groups is 1. The number of fused-ring (bicyclic) bond motifs is 1. The van der Waals surface area contributed by atoms with Crippen molar-refractivity contribution in [1.82, 2.24) is 5.32 Å². The molecule has 0 unspecified atom stereocenters. The third-order valence-electron chi connectivity index (χ3n) is 2.41. The number of amides is 2. The number of nitrogens with one attached hydrogen (secondary N) is 1. The molecule has 1 aliphatic heterocycles. The summed E-state index contributed by atoms with van der Waals surface area (Å²) in [6.45, 7) is 0. The Kier molecular flexibility index (Phi) is 1.51. The second kappa shape index (κ2) is 2.42. The van der Waals surface area contributed by atoms with Gasteiger partial charge in [-0.3, -0.25) is 14.9 Å². The van der Waals surface area contributed by atoms with Crippen LogP contribution in [0.4, 0.5) is 0 Å². The van der Waals surface area contributed by atoms with Crippen LogP contribution in [0.25, 0.3) is 0 Å². The van der Waals surface area contributed by atoms with E-state index in [1.807, 2.05) is 0 Å². The van der Waals surface area contributed by atoms with Gasteiger partial charge in [0.15, 0.2) is 0 Å². The molecular formula is C8H9NO3. The van der Waals surface area contributed by atoms with Gasteiger partial charge in [-0.25, -0.2) is 0 Å². The minimum Gasteiger partial charge on any atom is -0.388 e. The second-order valence-electron chi connectivity index (χ2n) is 3.14. The summed E-state index contributed by atoms with van der Waals surface area (Å²) < 4.78 is 0. The van der Waals surface area contributed by atoms with Crippen LogP contribution in [0.3, 0.4) is 0 Å². The van der Waals surface area contributed by atoms with Gasteiger partial charge < -0.3 is 5.11 Å². The number of imide groups is 1. The van der Waals surface area contributed by atoms with Gasteiger partial charge >= 0.3 is 0 Å². The maximum Gasteiger partial charge on any atom is 0.233 e. The molecule has 64 valence electrons. The Morgan fingerprint density at radius 2 is 2.17 bits per heavy atom. The van der Waals surface area contributed by atoms with Crippen molar-refractivity contribution < 1.29 is 14.7 Å². The Balaban J connectivity index is 2.32. The van der Waals surface area contributed by atoms with Crippen LogP contribution in [0.15, 0.2) is 12.2 Å². The van der Waals surface area contributed by atoms with E-state index >= 15 is 0 Å². The van der Waals surface area contributed by atoms with Crippen molar-refractivity contribution in [2.75, 3.05) is 0 Å². The van der Waals surface area contributed by atoms with Gasteiger partial charge in [0.1, 0.15) is 0 Å². The number of hydrogen-bond acceptors (Lipinski definition) is 3. The van der Waals surface area contributed by atoms with Crippen molar-refractivity contribution in [3.63, 3.8) is 0 Å². The van der Waals surface area contributed by atoms with E-state index in [-0.39, 0.29) is 17.7 Å². The minimum atomic E-state index is -0.796. The fourth-order valence-corrected chi connectivity index (χ4v) is 1.77. The molecule has 12 heavy (non-hydrogen) atoms. The van der Waals surface area contributed by atoms with Crippen molar-refractivity contribution in [3.8, 4) is 0 Å². The highest BCUT2D eigenvalue weighted by Gasteiger charge is 2.45. The van der Waals surface area contributed by atoms with E-state index in [2.05, 4.69) is 5.32 Å². The van der Waals surface area contributed by atoms with Gasteiger partial charge in [0.05, 0.1) is 17.9 Å². The highest BCUT2D eigenvalue weighted by molar-refractivity contribution is 6.05. The van der Waals surface area contributed by atoms with Crippen molar-refractivity contribution in [2.24, 2.45) is 11.8 Å². The topological polar surface area (TPSA) is 66.4 Å². The normalized spacial score (nSPS) is 39.6. The smallest absolute Gasteiger partial charge is 0.233 e. The number of aliphatic hydroxyl groups excluding tert-OH is 1. The molecule has 0 aromatic rings. The first kappa shape index (κ1) is 7.49. The van der Waals surface area contributed by atoms with Gasteiger partial charge in [-0.2, -0.15) is 0 Å². The van der Waals surface area contributed by atoms with E-state index in [4.69, 9.17) is 0 Å². The number of carbonyl (C=O) groups is 2. The van der Waals surface area contributed by atoms with E-state index < -0.39 is 12.0 Å². The number of carbonyl (C=O) groups excluding carboxylic acids is 2. The molecule has 1 fully saturated rings. The molecular weight excluding hydrogens is 158 g/mol. The van der Waals surface area contributed by atoms with Crippen molar-refractivity contribution in [2.45, 2.75) is 12.5 Å². The molecule has 4 nitrogen and oxygen atoms in total. The van der Waals surface area contributed by atoms with Crippen LogP contribution < -0.4 is 5.32 Å². The molecule has 0 aromatic carbocycles. The predicted octanol–water partition coefficient (Wildman–Crippen LogP) is -0.804. The summed E-state index contributed by atoms with van der Waals surface area (Å²) in [5.74, 6) is -1.50. The molecule has 0 spiro atoms. The van der Waals surface area contributed by atoms with Gasteiger partial charge in [-0.05, 0) is 6.42 Å². The highest BCUT2D eigenvalue weighted by atomic mass is 16.3. The first-order chi connectivity index (χ1) is 5.70. The van der Waals surface area contributed by atoms with Gasteiger partial charge in [0.2, 0.25) is 11.8 Å². The van der Waals surface area contributed by atoms with Crippen LogP contribution in [0.1, 0.15) is 6.42 Å². The van der Waals surface area contributed by atoms with E-state index in [1.165, 1.54) is 0 Å². The van der Waals surface area contributed by atoms with Gasteiger partial charge in [0.25, 0.3) is 0 Å². The lowest BCUT2D eigenvalue weighted by Gasteiger charge is -2.21. The highest BCUT2D eigenvalue weighted by Crippen LogP contribution is 2.30. The molecule has 1 heterocycles. The maximum absolute atomic E-state index is 11.1. The molecule has 0 aromatic heterocycles. The predicted molar refractivity (Wildman–Crippen MR) is 39.9 cm³/mol. The Bertz CT molecular complexity index is 271. The van der Waals surface area contributed by atoms with E-state index in [1.54, 1.807) is 12.2 Å². The number of hydrogen-bond donors (Lipinski definition) is 2. The fraction of sp³-hybridized carbons (Fsp3) is 0.500. The molecule has 0 radical (unpaired) electrons. The Morgan fingerprint density at radius 1 is 1.42 bits per heavy atom. The SMILES string of the molecule is O=C1NC(=O)[C@@H]2CC=C[C@@H](O)[C@H]12. The molecule has 0 saturated carbocycles. The summed E-state index contributed by atoms with van der Waals surface area (Å²) in [6.07, 6.45) is 3.07. The summed E-state index contributed by atoms with van der Waals surface area (Å²) in [7, 11) is 0. The van der Waals surface area contributed by atoms with Crippen LogP contribution >= 0.6 is 0 Å². The van der Waals surface area contributed by atoms with Gasteiger partial charge in [-0.1, -0.05) is 12.2 Å². The van der Waals surface area contributed by atoms with Gasteiger partial charge in [0, 0.05) is 0 Å². The summed E-state index contributed by atoms with van der Waals surface area (Å²) in [5, 5.41) is 11.6. The lowest BCUT2D eigenvalue weighted by atomic mass is 9.83. The zero-order valence-electron chi connectivity index (χ0n) is 6.36. The number of allylic oxidation sites excluding steroid dienone is 1. The van der Waals surface area contributed by atoms with Crippen molar-refractivity contribution >= 4 is 11.8 Å². The number of rotatable bonds is 0.